The molecule has 0 saturated heterocycles. The fourth-order valence-electron chi connectivity index (χ4n) is 3.66. The lowest BCUT2D eigenvalue weighted by Crippen LogP contribution is -2.26. The zero-order valence-corrected chi connectivity index (χ0v) is 18.7. The molecule has 29 heavy (non-hydrogen) atoms. The minimum absolute atomic E-state index is 0.0669. The Morgan fingerprint density at radius 2 is 2.14 bits per heavy atom. The van der Waals surface area contributed by atoms with Crippen LogP contribution in [-0.2, 0) is 17.6 Å². The number of carbonyl (C=O) groups is 1. The lowest BCUT2D eigenvalue weighted by molar-refractivity contribution is -0.118. The average molecular weight is 448 g/mol. The van der Waals surface area contributed by atoms with E-state index in [1.165, 1.54) is 16.6 Å². The lowest BCUT2D eigenvalue weighted by atomic mass is 9.89. The van der Waals surface area contributed by atoms with Gasteiger partial charge in [-0.3, -0.25) is 14.2 Å². The summed E-state index contributed by atoms with van der Waals surface area (Å²) in [7, 11) is 0. The van der Waals surface area contributed by atoms with Gasteiger partial charge in [0, 0.05) is 16.4 Å². The van der Waals surface area contributed by atoms with E-state index < -0.39 is 0 Å². The monoisotopic (exact) mass is 447 g/mol. The molecule has 2 aromatic heterocycles. The standard InChI is InChI=1S/C21H22ClN3O2S2/c1-3-23-17(26)11-28-21-24-19-18(15-9-4-12(2)10-16(15)29-19)20(27)25(21)14-7-5-13(22)6-8-14/h5-8,12H,3-4,9-11H2,1-2H3,(H,23,26)/t12-/m0/s1. The van der Waals surface area contributed by atoms with Crippen LogP contribution >= 0.6 is 34.7 Å². The topological polar surface area (TPSA) is 64.0 Å². The highest BCUT2D eigenvalue weighted by molar-refractivity contribution is 7.99. The van der Waals surface area contributed by atoms with Gasteiger partial charge in [-0.15, -0.1) is 11.3 Å². The zero-order valence-electron chi connectivity index (χ0n) is 16.3. The van der Waals surface area contributed by atoms with Gasteiger partial charge in [0.1, 0.15) is 4.83 Å². The quantitative estimate of drug-likeness (QED) is 0.463. The number of thioether (sulfide) groups is 1. The second-order valence-electron chi connectivity index (χ2n) is 7.29. The number of thiophene rings is 1. The van der Waals surface area contributed by atoms with E-state index >= 15 is 0 Å². The predicted octanol–water partition coefficient (Wildman–Crippen LogP) is 4.45. The van der Waals surface area contributed by atoms with E-state index in [1.54, 1.807) is 28.0 Å². The number of hydrogen-bond donors (Lipinski definition) is 1. The molecule has 8 heteroatoms. The molecule has 5 nitrogen and oxygen atoms in total. The number of aromatic nitrogens is 2. The third-order valence-electron chi connectivity index (χ3n) is 5.09. The molecule has 0 bridgehead atoms. The number of amides is 1. The molecular formula is C21H22ClN3O2S2. The lowest BCUT2D eigenvalue weighted by Gasteiger charge is -2.17. The molecule has 1 N–H and O–H groups in total. The van der Waals surface area contributed by atoms with E-state index in [2.05, 4.69) is 12.2 Å². The van der Waals surface area contributed by atoms with Gasteiger partial charge in [0.25, 0.3) is 5.56 Å². The van der Waals surface area contributed by atoms with Gasteiger partial charge in [0.2, 0.25) is 5.91 Å². The number of hydrogen-bond acceptors (Lipinski definition) is 5. The fourth-order valence-corrected chi connectivity index (χ4v) is 6.06. The third kappa shape index (κ3) is 4.09. The van der Waals surface area contributed by atoms with Crippen LogP contribution in [0.3, 0.4) is 0 Å². The van der Waals surface area contributed by atoms with Crippen LogP contribution in [0.5, 0.6) is 0 Å². The van der Waals surface area contributed by atoms with E-state index in [9.17, 15) is 9.59 Å². The van der Waals surface area contributed by atoms with E-state index in [-0.39, 0.29) is 17.2 Å². The van der Waals surface area contributed by atoms with Crippen molar-refractivity contribution >= 4 is 50.8 Å². The number of benzene rings is 1. The second kappa shape index (κ2) is 8.50. The summed E-state index contributed by atoms with van der Waals surface area (Å²) in [6, 6.07) is 7.15. The number of nitrogens with one attached hydrogen (secondary N) is 1. The summed E-state index contributed by atoms with van der Waals surface area (Å²) in [6.07, 6.45) is 3.00. The molecule has 1 aliphatic carbocycles. The van der Waals surface area contributed by atoms with Gasteiger partial charge in [-0.25, -0.2) is 4.98 Å². The number of halogens is 1. The van der Waals surface area contributed by atoms with E-state index in [0.717, 1.165) is 35.0 Å². The number of carbonyl (C=O) groups excluding carboxylic acids is 1. The van der Waals surface area contributed by atoms with Crippen molar-refractivity contribution in [3.8, 4) is 5.69 Å². The van der Waals surface area contributed by atoms with Gasteiger partial charge in [0.15, 0.2) is 5.16 Å². The largest absolute Gasteiger partial charge is 0.356 e. The summed E-state index contributed by atoms with van der Waals surface area (Å²) in [6.45, 7) is 4.71. The van der Waals surface area contributed by atoms with Crippen LogP contribution in [0, 0.1) is 5.92 Å². The first-order valence-corrected chi connectivity index (χ1v) is 11.9. The first-order valence-electron chi connectivity index (χ1n) is 9.70. The predicted molar refractivity (Wildman–Crippen MR) is 121 cm³/mol. The minimum atomic E-state index is -0.0752. The minimum Gasteiger partial charge on any atom is -0.356 e. The SMILES string of the molecule is CCNC(=O)CSc1nc2sc3c(c2c(=O)n1-c1ccc(Cl)cc1)CC[C@H](C)C3. The summed E-state index contributed by atoms with van der Waals surface area (Å²) < 4.78 is 1.62. The number of nitrogens with zero attached hydrogens (tertiary/aromatic N) is 2. The van der Waals surface area contributed by atoms with E-state index in [0.29, 0.717) is 28.3 Å². The van der Waals surface area contributed by atoms with Gasteiger partial charge in [0.05, 0.1) is 16.8 Å². The summed E-state index contributed by atoms with van der Waals surface area (Å²) >= 11 is 8.95. The molecule has 1 amide bonds. The number of aryl methyl sites for hydroxylation is 1. The highest BCUT2D eigenvalue weighted by atomic mass is 35.5. The summed E-state index contributed by atoms with van der Waals surface area (Å²) in [5, 5.41) is 4.66. The highest BCUT2D eigenvalue weighted by Crippen LogP contribution is 2.37. The summed E-state index contributed by atoms with van der Waals surface area (Å²) in [5.74, 6) is 0.760. The molecule has 0 spiro atoms. The molecule has 0 unspecified atom stereocenters. The maximum absolute atomic E-state index is 13.6. The molecule has 1 aromatic carbocycles. The van der Waals surface area contributed by atoms with Crippen LogP contribution < -0.4 is 10.9 Å². The molecule has 0 aliphatic heterocycles. The zero-order chi connectivity index (χ0) is 20.5. The Balaban J connectivity index is 1.87. The molecule has 0 saturated carbocycles. The summed E-state index contributed by atoms with van der Waals surface area (Å²) in [5.41, 5.74) is 1.79. The van der Waals surface area contributed by atoms with Crippen LogP contribution in [0.2, 0.25) is 5.02 Å². The Labute approximate surface area is 182 Å². The van der Waals surface area contributed by atoms with Crippen molar-refractivity contribution in [1.82, 2.24) is 14.9 Å². The molecule has 0 fully saturated rings. The van der Waals surface area contributed by atoms with E-state index in [4.69, 9.17) is 16.6 Å². The van der Waals surface area contributed by atoms with Crippen molar-refractivity contribution in [3.63, 3.8) is 0 Å². The van der Waals surface area contributed by atoms with Gasteiger partial charge in [-0.1, -0.05) is 30.3 Å². The molecule has 152 valence electrons. The maximum atomic E-state index is 13.6. The second-order valence-corrected chi connectivity index (χ2v) is 9.75. The van der Waals surface area contributed by atoms with Crippen molar-refractivity contribution in [2.75, 3.05) is 12.3 Å². The van der Waals surface area contributed by atoms with Gasteiger partial charge in [-0.2, -0.15) is 0 Å². The molecule has 4 rings (SSSR count). The van der Waals surface area contributed by atoms with Crippen molar-refractivity contribution < 1.29 is 4.79 Å². The molecular weight excluding hydrogens is 426 g/mol. The Bertz CT molecular complexity index is 1120. The Morgan fingerprint density at radius 1 is 1.38 bits per heavy atom. The Hall–Kier alpha value is -1.83. The Morgan fingerprint density at radius 3 is 2.86 bits per heavy atom. The van der Waals surface area contributed by atoms with Crippen molar-refractivity contribution in [3.05, 3.63) is 50.1 Å². The molecule has 0 radical (unpaired) electrons. The number of rotatable bonds is 5. The summed E-state index contributed by atoms with van der Waals surface area (Å²) in [4.78, 5) is 32.5. The first-order chi connectivity index (χ1) is 14.0. The van der Waals surface area contributed by atoms with E-state index in [1.807, 2.05) is 19.1 Å². The first kappa shape index (κ1) is 20.4. The molecule has 3 aromatic rings. The smallest absolute Gasteiger partial charge is 0.267 e. The number of fused-ring (bicyclic) bond motifs is 3. The maximum Gasteiger partial charge on any atom is 0.267 e. The van der Waals surface area contributed by atoms with Gasteiger partial charge < -0.3 is 5.32 Å². The van der Waals surface area contributed by atoms with Crippen molar-refractivity contribution in [2.24, 2.45) is 5.92 Å². The van der Waals surface area contributed by atoms with Gasteiger partial charge >= 0.3 is 0 Å². The Kier molecular flexibility index (Phi) is 5.99. The van der Waals surface area contributed by atoms with Crippen LogP contribution in [0.1, 0.15) is 30.7 Å². The molecule has 1 atom stereocenters. The van der Waals surface area contributed by atoms with Crippen LogP contribution in [0.25, 0.3) is 15.9 Å². The molecule has 1 aliphatic rings. The van der Waals surface area contributed by atoms with Crippen LogP contribution in [0.15, 0.2) is 34.2 Å². The van der Waals surface area contributed by atoms with Crippen molar-refractivity contribution in [2.45, 2.75) is 38.3 Å². The normalized spacial score (nSPS) is 16.0. The average Bonchev–Trinajstić information content (AvgIpc) is 3.05. The van der Waals surface area contributed by atoms with Crippen molar-refractivity contribution in [1.29, 1.82) is 0 Å². The fraction of sp³-hybridized carbons (Fsp3) is 0.381. The third-order valence-corrected chi connectivity index (χ3v) is 7.43. The molecule has 2 heterocycles. The van der Waals surface area contributed by atoms with Gasteiger partial charge in [-0.05, 0) is 61.9 Å². The highest BCUT2D eigenvalue weighted by Gasteiger charge is 2.25. The van der Waals surface area contributed by atoms with Crippen LogP contribution in [0.4, 0.5) is 0 Å². The van der Waals surface area contributed by atoms with Crippen LogP contribution in [-0.4, -0.2) is 27.8 Å².